The van der Waals surface area contributed by atoms with Gasteiger partial charge in [-0.15, -0.1) is 0 Å². The molecule has 2 aromatic rings. The van der Waals surface area contributed by atoms with E-state index in [1.807, 2.05) is 12.1 Å². The molecule has 0 aliphatic carbocycles. The molecule has 17 heavy (non-hydrogen) atoms. The molecule has 1 N–H and O–H groups in total. The third-order valence-electron chi connectivity index (χ3n) is 1.88. The van der Waals surface area contributed by atoms with E-state index < -0.39 is 5.97 Å². The van der Waals surface area contributed by atoms with Crippen molar-refractivity contribution in [3.8, 4) is 11.1 Å². The van der Waals surface area contributed by atoms with E-state index in [1.54, 1.807) is 0 Å². The van der Waals surface area contributed by atoms with E-state index in [-0.39, 0.29) is 26.2 Å². The van der Waals surface area contributed by atoms with Crippen LogP contribution >= 0.6 is 0 Å². The standard InChI is InChI=1S/C12H10.C2H4O2.Bi.3H/c1-3-7-11(8-4-1)12-9-5-2-6-10-12;1-2(3)4;;;;/h1-10H;1H3,(H,3,4);;;;. The SMILES string of the molecule is CC(=O)O.[BiH3].c1ccc(-c2ccccc2)cc1. The van der Waals surface area contributed by atoms with Crippen LogP contribution in [-0.4, -0.2) is 37.3 Å². The fourth-order valence-corrected chi connectivity index (χ4v) is 1.26. The Balaban J connectivity index is 0.000000453. The Morgan fingerprint density at radius 1 is 0.824 bits per heavy atom. The van der Waals surface area contributed by atoms with Gasteiger partial charge in [-0.1, -0.05) is 60.7 Å². The van der Waals surface area contributed by atoms with E-state index in [2.05, 4.69) is 48.5 Å². The second-order valence-electron chi connectivity index (χ2n) is 3.25. The Bertz CT molecular complexity index is 385. The van der Waals surface area contributed by atoms with Crippen molar-refractivity contribution in [3.63, 3.8) is 0 Å². The molecule has 0 aromatic heterocycles. The second-order valence-corrected chi connectivity index (χ2v) is 3.25. The summed E-state index contributed by atoms with van der Waals surface area (Å²) in [7, 11) is 0. The number of carboxylic acid groups (broad SMARTS) is 1. The fourth-order valence-electron chi connectivity index (χ4n) is 1.26. The summed E-state index contributed by atoms with van der Waals surface area (Å²) in [6, 6.07) is 20.8. The second kappa shape index (κ2) is 8.89. The first-order chi connectivity index (χ1) is 7.70. The molecule has 3 heteroatoms. The number of carbonyl (C=O) groups is 1. The maximum atomic E-state index is 9.00. The molecule has 0 atom stereocenters. The number of benzene rings is 2. The van der Waals surface area contributed by atoms with Crippen LogP contribution in [-0.2, 0) is 4.79 Å². The molecule has 0 amide bonds. The molecule has 0 heterocycles. The van der Waals surface area contributed by atoms with Crippen LogP contribution in [0.25, 0.3) is 11.1 Å². The van der Waals surface area contributed by atoms with Gasteiger partial charge < -0.3 is 5.11 Å². The van der Waals surface area contributed by atoms with E-state index in [4.69, 9.17) is 9.90 Å². The van der Waals surface area contributed by atoms with Crippen LogP contribution in [0, 0.1) is 0 Å². The van der Waals surface area contributed by atoms with Crippen LogP contribution in [0.5, 0.6) is 0 Å². The molecule has 0 aliphatic heterocycles. The average Bonchev–Trinajstić information content (AvgIpc) is 2.31. The monoisotopic (exact) mass is 426 g/mol. The molecule has 0 saturated heterocycles. The maximum Gasteiger partial charge on any atom is -0.0184 e. The van der Waals surface area contributed by atoms with Crippen molar-refractivity contribution in [2.45, 2.75) is 6.92 Å². The molecule has 0 unspecified atom stereocenters. The molecule has 2 nitrogen and oxygen atoms in total. The fraction of sp³-hybridized carbons (Fsp3) is 0.0714. The van der Waals surface area contributed by atoms with Crippen LogP contribution < -0.4 is 0 Å². The van der Waals surface area contributed by atoms with E-state index in [0.717, 1.165) is 6.92 Å². The number of hydrogen-bond acceptors (Lipinski definition) is 1. The smallest absolute Gasteiger partial charge is 0.0184 e. The van der Waals surface area contributed by atoms with Crippen LogP contribution in [0.3, 0.4) is 0 Å². The first-order valence-corrected chi connectivity index (χ1v) is 5.00. The summed E-state index contributed by atoms with van der Waals surface area (Å²) in [6.07, 6.45) is 0. The third-order valence-corrected chi connectivity index (χ3v) is 1.88. The molecular formula is C14H17BiO2. The van der Waals surface area contributed by atoms with Crippen LogP contribution in [0.2, 0.25) is 0 Å². The minimum absolute atomic E-state index is 0. The van der Waals surface area contributed by atoms with Gasteiger partial charge in [0.05, 0.1) is 0 Å². The summed E-state index contributed by atoms with van der Waals surface area (Å²) in [6.45, 7) is 1.08. The Morgan fingerprint density at radius 3 is 1.29 bits per heavy atom. The largest absolute Gasteiger partial charge is 0.0622 e. The van der Waals surface area contributed by atoms with Crippen LogP contribution in [0.15, 0.2) is 60.7 Å². The Kier molecular flexibility index (Phi) is 8.26. The third kappa shape index (κ3) is 6.86. The summed E-state index contributed by atoms with van der Waals surface area (Å²) in [5.74, 6) is -0.833. The van der Waals surface area contributed by atoms with E-state index >= 15 is 0 Å². The normalized spacial score (nSPS) is 8.29. The molecular weight excluding hydrogens is 409 g/mol. The number of hydrogen-bond donors (Lipinski definition) is 1. The van der Waals surface area contributed by atoms with E-state index in [0.29, 0.717) is 0 Å². The van der Waals surface area contributed by atoms with Gasteiger partial charge in [-0.05, 0) is 11.1 Å². The molecule has 2 aromatic carbocycles. The van der Waals surface area contributed by atoms with Gasteiger partial charge >= 0.3 is 26.2 Å². The Hall–Kier alpha value is -1.21. The maximum absolute atomic E-state index is 9.00. The zero-order valence-electron chi connectivity index (χ0n) is 9.84. The van der Waals surface area contributed by atoms with Gasteiger partial charge in [-0.25, -0.2) is 0 Å². The van der Waals surface area contributed by atoms with Crippen molar-refractivity contribution in [1.29, 1.82) is 0 Å². The Labute approximate surface area is 120 Å². The minimum Gasteiger partial charge on any atom is -0.0622 e. The molecule has 0 saturated carbocycles. The minimum atomic E-state index is -0.833. The molecule has 90 valence electrons. The average molecular weight is 426 g/mol. The van der Waals surface area contributed by atoms with E-state index in [9.17, 15) is 0 Å². The van der Waals surface area contributed by atoms with Crippen molar-refractivity contribution in [2.24, 2.45) is 0 Å². The van der Waals surface area contributed by atoms with Crippen molar-refractivity contribution >= 4 is 32.2 Å². The van der Waals surface area contributed by atoms with Crippen molar-refractivity contribution in [3.05, 3.63) is 60.7 Å². The van der Waals surface area contributed by atoms with Gasteiger partial charge in [0.25, 0.3) is 5.97 Å². The summed E-state index contributed by atoms with van der Waals surface area (Å²) in [5, 5.41) is 7.42. The number of aliphatic carboxylic acids is 1. The molecule has 0 radical (unpaired) electrons. The number of rotatable bonds is 1. The summed E-state index contributed by atoms with van der Waals surface area (Å²) < 4.78 is 0. The molecule has 0 bridgehead atoms. The predicted octanol–water partition coefficient (Wildman–Crippen LogP) is 2.26. The zero-order chi connectivity index (χ0) is 11.8. The Morgan fingerprint density at radius 2 is 1.06 bits per heavy atom. The van der Waals surface area contributed by atoms with Crippen molar-refractivity contribution in [1.82, 2.24) is 0 Å². The summed E-state index contributed by atoms with van der Waals surface area (Å²) >= 11 is 0. The van der Waals surface area contributed by atoms with Crippen molar-refractivity contribution in [2.75, 3.05) is 0 Å². The van der Waals surface area contributed by atoms with Crippen LogP contribution in [0.1, 0.15) is 6.92 Å². The molecule has 2 rings (SSSR count). The zero-order valence-corrected chi connectivity index (χ0v) is 15.3. The van der Waals surface area contributed by atoms with Crippen molar-refractivity contribution < 1.29 is 9.90 Å². The van der Waals surface area contributed by atoms with Gasteiger partial charge in [0.15, 0.2) is 0 Å². The van der Waals surface area contributed by atoms with Gasteiger partial charge in [0, 0.05) is 6.92 Å². The summed E-state index contributed by atoms with van der Waals surface area (Å²) in [4.78, 5) is 9.00. The first kappa shape index (κ1) is 15.8. The van der Waals surface area contributed by atoms with E-state index in [1.165, 1.54) is 11.1 Å². The van der Waals surface area contributed by atoms with Crippen LogP contribution in [0.4, 0.5) is 0 Å². The number of carboxylic acids is 1. The predicted molar refractivity (Wildman–Crippen MR) is 75.1 cm³/mol. The topological polar surface area (TPSA) is 37.3 Å². The molecule has 0 aliphatic rings. The van der Waals surface area contributed by atoms with Gasteiger partial charge in [-0.3, -0.25) is 4.79 Å². The summed E-state index contributed by atoms with van der Waals surface area (Å²) in [5.41, 5.74) is 2.55. The molecule has 0 fully saturated rings. The van der Waals surface area contributed by atoms with Gasteiger partial charge in [-0.2, -0.15) is 0 Å². The first-order valence-electron chi connectivity index (χ1n) is 5.00. The van der Waals surface area contributed by atoms with Gasteiger partial charge in [0.1, 0.15) is 0 Å². The van der Waals surface area contributed by atoms with Gasteiger partial charge in [0.2, 0.25) is 0 Å². The molecule has 0 spiro atoms. The quantitative estimate of drug-likeness (QED) is 0.711.